The average Bonchev–Trinajstić information content (AvgIpc) is 3.19. The molecule has 0 radical (unpaired) electrons. The minimum absolute atomic E-state index is 0.0714. The van der Waals surface area contributed by atoms with E-state index in [0.717, 1.165) is 11.3 Å². The molecule has 1 amide bonds. The first-order valence-corrected chi connectivity index (χ1v) is 7.96. The summed E-state index contributed by atoms with van der Waals surface area (Å²) in [6.07, 6.45) is 4.29. The van der Waals surface area contributed by atoms with E-state index in [9.17, 15) is 4.79 Å². The van der Waals surface area contributed by atoms with Crippen molar-refractivity contribution in [1.82, 2.24) is 14.9 Å². The third-order valence-corrected chi connectivity index (χ3v) is 4.38. The minimum Gasteiger partial charge on any atom is -0.477 e. The summed E-state index contributed by atoms with van der Waals surface area (Å²) in [5, 5.41) is 1.98. The van der Waals surface area contributed by atoms with Crippen LogP contribution in [0.1, 0.15) is 11.3 Å². The van der Waals surface area contributed by atoms with Crippen LogP contribution in [0.5, 0.6) is 11.8 Å². The molecule has 0 bridgehead atoms. The van der Waals surface area contributed by atoms with E-state index >= 15 is 0 Å². The molecular formula is C15H17N3O3S. The maximum atomic E-state index is 12.3. The van der Waals surface area contributed by atoms with Gasteiger partial charge in [0.1, 0.15) is 6.10 Å². The summed E-state index contributed by atoms with van der Waals surface area (Å²) < 4.78 is 10.9. The lowest BCUT2D eigenvalue weighted by Gasteiger charge is -2.17. The fraction of sp³-hybridized carbons (Fsp3) is 0.400. The maximum absolute atomic E-state index is 12.3. The zero-order chi connectivity index (χ0) is 15.4. The van der Waals surface area contributed by atoms with E-state index in [-0.39, 0.29) is 12.0 Å². The predicted octanol–water partition coefficient (Wildman–Crippen LogP) is 1.77. The molecule has 1 aliphatic rings. The van der Waals surface area contributed by atoms with Crippen LogP contribution in [0.25, 0.3) is 0 Å². The molecule has 1 saturated heterocycles. The van der Waals surface area contributed by atoms with Gasteiger partial charge in [-0.2, -0.15) is 0 Å². The smallest absolute Gasteiger partial charge is 0.278 e. The van der Waals surface area contributed by atoms with Crippen LogP contribution < -0.4 is 9.47 Å². The highest BCUT2D eigenvalue weighted by Crippen LogP contribution is 2.24. The summed E-state index contributed by atoms with van der Waals surface area (Å²) in [5.74, 6) is 0.882. The molecule has 0 N–H and O–H groups in total. The summed E-state index contributed by atoms with van der Waals surface area (Å²) >= 11 is 1.60. The number of carbonyl (C=O) groups is 1. The van der Waals surface area contributed by atoms with Crippen LogP contribution in [-0.2, 0) is 11.2 Å². The van der Waals surface area contributed by atoms with Gasteiger partial charge in [0, 0.05) is 30.2 Å². The average molecular weight is 319 g/mol. The van der Waals surface area contributed by atoms with Gasteiger partial charge < -0.3 is 14.4 Å². The van der Waals surface area contributed by atoms with Gasteiger partial charge in [-0.05, 0) is 11.4 Å². The molecule has 2 aromatic rings. The van der Waals surface area contributed by atoms with Gasteiger partial charge in [-0.15, -0.1) is 11.3 Å². The van der Waals surface area contributed by atoms with Crippen LogP contribution in [0.15, 0.2) is 29.9 Å². The Bertz CT molecular complexity index is 633. The van der Waals surface area contributed by atoms with Gasteiger partial charge in [0.05, 0.1) is 20.1 Å². The van der Waals surface area contributed by atoms with Crippen molar-refractivity contribution in [3.63, 3.8) is 0 Å². The molecule has 7 heteroatoms. The van der Waals surface area contributed by atoms with Gasteiger partial charge >= 0.3 is 0 Å². The van der Waals surface area contributed by atoms with Crippen LogP contribution in [-0.4, -0.2) is 47.1 Å². The Labute approximate surface area is 132 Å². The van der Waals surface area contributed by atoms with E-state index in [1.54, 1.807) is 23.7 Å². The molecular weight excluding hydrogens is 302 g/mol. The molecule has 22 heavy (non-hydrogen) atoms. The van der Waals surface area contributed by atoms with Crippen LogP contribution >= 0.6 is 11.3 Å². The summed E-state index contributed by atoms with van der Waals surface area (Å²) in [5.41, 5.74) is 0. The second-order valence-corrected chi connectivity index (χ2v) is 6.03. The molecule has 1 aliphatic heterocycles. The monoisotopic (exact) mass is 319 g/mol. The van der Waals surface area contributed by atoms with Crippen molar-refractivity contribution in [2.75, 3.05) is 20.2 Å². The molecule has 0 saturated carbocycles. The van der Waals surface area contributed by atoms with E-state index in [1.165, 1.54) is 7.11 Å². The maximum Gasteiger partial charge on any atom is 0.278 e. The molecule has 2 aromatic heterocycles. The lowest BCUT2D eigenvalue weighted by atomic mass is 10.3. The molecule has 3 rings (SSSR count). The number of ether oxygens (including phenoxy) is 2. The highest BCUT2D eigenvalue weighted by molar-refractivity contribution is 7.10. The van der Waals surface area contributed by atoms with E-state index < -0.39 is 0 Å². The Hall–Kier alpha value is -2.15. The Balaban J connectivity index is 1.57. The minimum atomic E-state index is -0.0714. The fourth-order valence-electron chi connectivity index (χ4n) is 2.42. The van der Waals surface area contributed by atoms with Crippen molar-refractivity contribution in [2.24, 2.45) is 0 Å². The largest absolute Gasteiger partial charge is 0.477 e. The van der Waals surface area contributed by atoms with E-state index in [4.69, 9.17) is 9.47 Å². The third kappa shape index (κ3) is 3.36. The number of nitrogens with zero attached hydrogens (tertiary/aromatic N) is 3. The van der Waals surface area contributed by atoms with E-state index in [2.05, 4.69) is 9.97 Å². The fourth-order valence-corrected chi connectivity index (χ4v) is 3.11. The highest BCUT2D eigenvalue weighted by Gasteiger charge is 2.28. The highest BCUT2D eigenvalue weighted by atomic mass is 32.1. The number of aromatic nitrogens is 2. The first kappa shape index (κ1) is 14.8. The van der Waals surface area contributed by atoms with Gasteiger partial charge in [0.15, 0.2) is 0 Å². The van der Waals surface area contributed by atoms with Gasteiger partial charge in [-0.3, -0.25) is 4.79 Å². The van der Waals surface area contributed by atoms with Crippen molar-refractivity contribution >= 4 is 17.2 Å². The van der Waals surface area contributed by atoms with Gasteiger partial charge in [0.2, 0.25) is 5.91 Å². The number of thiophene rings is 1. The zero-order valence-corrected chi connectivity index (χ0v) is 13.1. The lowest BCUT2D eigenvalue weighted by Crippen LogP contribution is -2.32. The van der Waals surface area contributed by atoms with E-state index in [1.807, 2.05) is 22.4 Å². The van der Waals surface area contributed by atoms with Crippen molar-refractivity contribution in [3.05, 3.63) is 34.8 Å². The number of hydrogen-bond acceptors (Lipinski definition) is 6. The van der Waals surface area contributed by atoms with Crippen LogP contribution in [0.4, 0.5) is 0 Å². The van der Waals surface area contributed by atoms with Gasteiger partial charge in [-0.25, -0.2) is 9.97 Å². The molecule has 1 atom stereocenters. The summed E-state index contributed by atoms with van der Waals surface area (Å²) in [4.78, 5) is 23.4. The van der Waals surface area contributed by atoms with Crippen molar-refractivity contribution < 1.29 is 14.3 Å². The molecule has 0 aliphatic carbocycles. The van der Waals surface area contributed by atoms with Crippen molar-refractivity contribution in [1.29, 1.82) is 0 Å². The van der Waals surface area contributed by atoms with Crippen LogP contribution in [0.2, 0.25) is 0 Å². The summed E-state index contributed by atoms with van der Waals surface area (Å²) in [7, 11) is 1.53. The second kappa shape index (κ2) is 6.74. The number of carbonyl (C=O) groups excluding carboxylic acids is 1. The van der Waals surface area contributed by atoms with E-state index in [0.29, 0.717) is 31.3 Å². The van der Waals surface area contributed by atoms with Crippen molar-refractivity contribution in [3.8, 4) is 11.8 Å². The topological polar surface area (TPSA) is 64.6 Å². The quantitative estimate of drug-likeness (QED) is 0.840. The normalized spacial score (nSPS) is 17.5. The predicted molar refractivity (Wildman–Crippen MR) is 82.2 cm³/mol. The Kier molecular flexibility index (Phi) is 4.53. The molecule has 6 nitrogen and oxygen atoms in total. The standard InChI is InChI=1S/C15H17N3O3S/c1-20-14-15(17-6-5-16-14)21-11-4-7-18(10-11)13(19)9-12-3-2-8-22-12/h2-3,5-6,8,11H,4,7,9-10H2,1H3. The SMILES string of the molecule is COc1nccnc1OC1CCN(C(=O)Cc2cccs2)C1. The zero-order valence-electron chi connectivity index (χ0n) is 12.3. The summed E-state index contributed by atoms with van der Waals surface area (Å²) in [6, 6.07) is 3.95. The first-order chi connectivity index (χ1) is 10.8. The van der Waals surface area contributed by atoms with Gasteiger partial charge in [-0.1, -0.05) is 6.07 Å². The molecule has 1 unspecified atom stereocenters. The van der Waals surface area contributed by atoms with Crippen molar-refractivity contribution in [2.45, 2.75) is 18.9 Å². The number of methoxy groups -OCH3 is 1. The molecule has 0 aromatic carbocycles. The molecule has 116 valence electrons. The van der Waals surface area contributed by atoms with Gasteiger partial charge in [0.25, 0.3) is 11.8 Å². The number of amides is 1. The lowest BCUT2D eigenvalue weighted by molar-refractivity contribution is -0.129. The Morgan fingerprint density at radius 3 is 2.95 bits per heavy atom. The van der Waals surface area contributed by atoms with Crippen LogP contribution in [0, 0.1) is 0 Å². The molecule has 1 fully saturated rings. The molecule has 0 spiro atoms. The Morgan fingerprint density at radius 1 is 1.41 bits per heavy atom. The Morgan fingerprint density at radius 2 is 2.23 bits per heavy atom. The number of likely N-dealkylation sites (tertiary alicyclic amines) is 1. The van der Waals surface area contributed by atoms with Crippen LogP contribution in [0.3, 0.4) is 0 Å². The second-order valence-electron chi connectivity index (χ2n) is 5.00. The number of rotatable bonds is 5. The number of hydrogen-bond donors (Lipinski definition) is 0. The third-order valence-electron chi connectivity index (χ3n) is 3.51. The molecule has 3 heterocycles. The first-order valence-electron chi connectivity index (χ1n) is 7.08. The summed E-state index contributed by atoms with van der Waals surface area (Å²) in [6.45, 7) is 1.28.